The van der Waals surface area contributed by atoms with Crippen molar-refractivity contribution in [3.63, 3.8) is 0 Å². The van der Waals surface area contributed by atoms with Gasteiger partial charge in [-0.05, 0) is 23.8 Å². The average molecular weight is 363 g/mol. The molecule has 0 unspecified atom stereocenters. The van der Waals surface area contributed by atoms with Gasteiger partial charge >= 0.3 is 0 Å². The number of aromatic amines is 1. The van der Waals surface area contributed by atoms with E-state index in [2.05, 4.69) is 11.1 Å². The van der Waals surface area contributed by atoms with E-state index in [1.54, 1.807) is 11.9 Å². The third-order valence-electron chi connectivity index (χ3n) is 5.75. The molecule has 0 radical (unpaired) electrons. The van der Waals surface area contributed by atoms with Gasteiger partial charge in [0.2, 0.25) is 11.8 Å². The summed E-state index contributed by atoms with van der Waals surface area (Å²) in [6, 6.07) is 11.0. The number of piperazine rings is 1. The Morgan fingerprint density at radius 3 is 2.78 bits per heavy atom. The minimum atomic E-state index is -0.497. The van der Waals surface area contributed by atoms with Crippen LogP contribution in [-0.4, -0.2) is 46.2 Å². The number of para-hydroxylation sites is 1. The monoisotopic (exact) mass is 363 g/mol. The molecule has 5 rings (SSSR count). The lowest BCUT2D eigenvalue weighted by Crippen LogP contribution is -2.62. The van der Waals surface area contributed by atoms with Gasteiger partial charge in [0.1, 0.15) is 23.6 Å². The van der Waals surface area contributed by atoms with Gasteiger partial charge in [-0.15, -0.1) is 0 Å². The van der Waals surface area contributed by atoms with Gasteiger partial charge in [-0.3, -0.25) is 9.59 Å². The molecule has 1 fully saturated rings. The quantitative estimate of drug-likeness (QED) is 0.761. The first-order valence-electron chi connectivity index (χ1n) is 9.32. The molecule has 0 bridgehead atoms. The highest BCUT2D eigenvalue weighted by atomic mass is 16.3. The predicted octanol–water partition coefficient (Wildman–Crippen LogP) is 2.64. The second-order valence-corrected chi connectivity index (χ2v) is 7.34. The van der Waals surface area contributed by atoms with Crippen LogP contribution in [-0.2, 0) is 22.4 Å². The number of fused-ring (bicyclic) bond motifs is 4. The molecule has 0 saturated carbocycles. The van der Waals surface area contributed by atoms with Gasteiger partial charge < -0.3 is 19.2 Å². The lowest BCUT2D eigenvalue weighted by Gasteiger charge is -2.45. The van der Waals surface area contributed by atoms with E-state index in [0.29, 0.717) is 12.2 Å². The van der Waals surface area contributed by atoms with Crippen LogP contribution in [0.3, 0.4) is 0 Å². The van der Waals surface area contributed by atoms with Crippen LogP contribution in [0.1, 0.15) is 35.7 Å². The normalized spacial score (nSPS) is 22.3. The van der Waals surface area contributed by atoms with Crippen molar-refractivity contribution in [3.05, 3.63) is 59.2 Å². The molecule has 1 saturated heterocycles. The van der Waals surface area contributed by atoms with Gasteiger partial charge in [-0.25, -0.2) is 0 Å². The number of carbonyl (C=O) groups is 2. The number of rotatable bonds is 2. The SMILES string of the molecule is CCc1ccc([C@H]2c3[nH]c4ccccc4c3C[C@@H]3C(=O)N(C)CC(=O)N23)o1. The molecule has 2 aliphatic heterocycles. The second kappa shape index (κ2) is 5.74. The number of nitrogens with zero attached hydrogens (tertiary/aromatic N) is 2. The summed E-state index contributed by atoms with van der Waals surface area (Å²) in [4.78, 5) is 32.6. The number of H-pyrrole nitrogens is 1. The Bertz CT molecular complexity index is 1060. The molecule has 27 heavy (non-hydrogen) atoms. The van der Waals surface area contributed by atoms with Gasteiger partial charge in [0.05, 0.1) is 12.2 Å². The van der Waals surface area contributed by atoms with Crippen LogP contribution in [0.2, 0.25) is 0 Å². The molecule has 2 aliphatic rings. The van der Waals surface area contributed by atoms with Crippen molar-refractivity contribution in [2.45, 2.75) is 31.8 Å². The zero-order valence-electron chi connectivity index (χ0n) is 15.4. The predicted molar refractivity (Wildman–Crippen MR) is 100 cm³/mol. The summed E-state index contributed by atoms with van der Waals surface area (Å²) in [6.45, 7) is 2.13. The molecule has 2 atom stereocenters. The van der Waals surface area contributed by atoms with Crippen molar-refractivity contribution in [1.82, 2.24) is 14.8 Å². The van der Waals surface area contributed by atoms with Crippen molar-refractivity contribution in [2.75, 3.05) is 13.6 Å². The first-order chi connectivity index (χ1) is 13.1. The van der Waals surface area contributed by atoms with Crippen molar-refractivity contribution >= 4 is 22.7 Å². The molecule has 6 nitrogen and oxygen atoms in total. The number of hydrogen-bond donors (Lipinski definition) is 1. The Morgan fingerprint density at radius 1 is 1.19 bits per heavy atom. The summed E-state index contributed by atoms with van der Waals surface area (Å²) in [5.74, 6) is 1.51. The van der Waals surface area contributed by atoms with E-state index in [4.69, 9.17) is 4.42 Å². The molecule has 1 aromatic carbocycles. The number of carbonyl (C=O) groups excluding carboxylic acids is 2. The summed E-state index contributed by atoms with van der Waals surface area (Å²) in [5, 5.41) is 1.10. The van der Waals surface area contributed by atoms with Crippen LogP contribution in [0, 0.1) is 0 Å². The molecular weight excluding hydrogens is 342 g/mol. The number of aromatic nitrogens is 1. The van der Waals surface area contributed by atoms with Crippen molar-refractivity contribution in [2.24, 2.45) is 0 Å². The number of nitrogens with one attached hydrogen (secondary N) is 1. The standard InChI is InChI=1S/C21H21N3O3/c1-3-12-8-9-17(27-12)20-19-14(13-6-4-5-7-15(13)22-19)10-16-21(26)23(2)11-18(25)24(16)20/h4-9,16,20,22H,3,10-11H2,1-2H3/t16-,20+/m1/s1. The molecule has 0 aliphatic carbocycles. The Kier molecular flexibility index (Phi) is 3.44. The van der Waals surface area contributed by atoms with Crippen molar-refractivity contribution in [1.29, 1.82) is 0 Å². The van der Waals surface area contributed by atoms with E-state index in [-0.39, 0.29) is 18.4 Å². The highest BCUT2D eigenvalue weighted by Crippen LogP contribution is 2.42. The fourth-order valence-corrected chi connectivity index (χ4v) is 4.44. The highest BCUT2D eigenvalue weighted by Gasteiger charge is 2.48. The third-order valence-corrected chi connectivity index (χ3v) is 5.75. The number of amides is 2. The number of aryl methyl sites for hydroxylation is 1. The summed E-state index contributed by atoms with van der Waals surface area (Å²) in [5.41, 5.74) is 3.07. The number of furan rings is 1. The van der Waals surface area contributed by atoms with Crippen LogP contribution >= 0.6 is 0 Å². The zero-order chi connectivity index (χ0) is 18.7. The first-order valence-corrected chi connectivity index (χ1v) is 9.32. The molecule has 2 aromatic heterocycles. The fourth-order valence-electron chi connectivity index (χ4n) is 4.44. The lowest BCUT2D eigenvalue weighted by atomic mass is 9.88. The highest BCUT2D eigenvalue weighted by molar-refractivity contribution is 5.97. The van der Waals surface area contributed by atoms with E-state index >= 15 is 0 Å². The molecule has 2 amide bonds. The maximum atomic E-state index is 12.9. The van der Waals surface area contributed by atoms with Crippen molar-refractivity contribution in [3.8, 4) is 0 Å². The van der Waals surface area contributed by atoms with Gasteiger partial charge in [0.25, 0.3) is 0 Å². The van der Waals surface area contributed by atoms with E-state index < -0.39 is 12.1 Å². The second-order valence-electron chi connectivity index (χ2n) is 7.34. The Hall–Kier alpha value is -3.02. The van der Waals surface area contributed by atoms with Gasteiger partial charge in [0, 0.05) is 30.8 Å². The molecule has 0 spiro atoms. The van der Waals surface area contributed by atoms with Crippen molar-refractivity contribution < 1.29 is 14.0 Å². The number of benzene rings is 1. The Balaban J connectivity index is 1.75. The summed E-state index contributed by atoms with van der Waals surface area (Å²) >= 11 is 0. The maximum Gasteiger partial charge on any atom is 0.245 e. The minimum Gasteiger partial charge on any atom is -0.463 e. The third kappa shape index (κ3) is 2.25. The molecule has 6 heteroatoms. The first kappa shape index (κ1) is 16.2. The summed E-state index contributed by atoms with van der Waals surface area (Å²) in [7, 11) is 1.69. The number of hydrogen-bond acceptors (Lipinski definition) is 3. The van der Waals surface area contributed by atoms with Gasteiger partial charge in [-0.1, -0.05) is 25.1 Å². The summed E-state index contributed by atoms with van der Waals surface area (Å²) < 4.78 is 6.05. The largest absolute Gasteiger partial charge is 0.463 e. The van der Waals surface area contributed by atoms with E-state index in [1.165, 1.54) is 4.90 Å². The topological polar surface area (TPSA) is 69.6 Å². The zero-order valence-corrected chi connectivity index (χ0v) is 15.4. The number of likely N-dealkylation sites (N-methyl/N-ethyl adjacent to an activating group) is 1. The fraction of sp³-hybridized carbons (Fsp3) is 0.333. The van der Waals surface area contributed by atoms with Crippen LogP contribution < -0.4 is 0 Å². The van der Waals surface area contributed by atoms with E-state index in [9.17, 15) is 9.59 Å². The van der Waals surface area contributed by atoms with Gasteiger partial charge in [-0.2, -0.15) is 0 Å². The van der Waals surface area contributed by atoms with Crippen LogP contribution in [0.5, 0.6) is 0 Å². The van der Waals surface area contributed by atoms with E-state index in [1.807, 2.05) is 37.3 Å². The van der Waals surface area contributed by atoms with Gasteiger partial charge in [0.15, 0.2) is 0 Å². The Labute approximate surface area is 156 Å². The molecule has 1 N–H and O–H groups in total. The van der Waals surface area contributed by atoms with Crippen LogP contribution in [0.4, 0.5) is 0 Å². The van der Waals surface area contributed by atoms with E-state index in [0.717, 1.165) is 34.3 Å². The maximum absolute atomic E-state index is 12.9. The smallest absolute Gasteiger partial charge is 0.245 e. The molecule has 138 valence electrons. The Morgan fingerprint density at radius 2 is 2.00 bits per heavy atom. The minimum absolute atomic E-state index is 0.0159. The average Bonchev–Trinajstić information content (AvgIpc) is 3.29. The molecule has 3 aromatic rings. The summed E-state index contributed by atoms with van der Waals surface area (Å²) in [6.07, 6.45) is 1.30. The molecule has 4 heterocycles. The van der Waals surface area contributed by atoms with Crippen LogP contribution in [0.15, 0.2) is 40.8 Å². The van der Waals surface area contributed by atoms with Crippen LogP contribution in [0.25, 0.3) is 10.9 Å². The molecular formula is C21H21N3O3. The lowest BCUT2D eigenvalue weighted by molar-refractivity contribution is -0.157.